The van der Waals surface area contributed by atoms with Crippen molar-refractivity contribution < 1.29 is 19.2 Å². The molecule has 0 radical (unpaired) electrons. The molecule has 3 heterocycles. The molecule has 184 valence electrons. The lowest BCUT2D eigenvalue weighted by Crippen LogP contribution is -2.52. The summed E-state index contributed by atoms with van der Waals surface area (Å²) in [7, 11) is 0. The van der Waals surface area contributed by atoms with Gasteiger partial charge in [-0.3, -0.25) is 24.1 Å². The monoisotopic (exact) mass is 502 g/mol. The summed E-state index contributed by atoms with van der Waals surface area (Å²) >= 11 is 1.44. The van der Waals surface area contributed by atoms with Crippen LogP contribution in [0, 0.1) is 0 Å². The Morgan fingerprint density at radius 3 is 2.33 bits per heavy atom. The van der Waals surface area contributed by atoms with Gasteiger partial charge in [0.1, 0.15) is 0 Å². The van der Waals surface area contributed by atoms with Gasteiger partial charge in [0.25, 0.3) is 5.91 Å². The molecule has 1 aromatic heterocycles. The lowest BCUT2D eigenvalue weighted by molar-refractivity contribution is -0.123. The summed E-state index contributed by atoms with van der Waals surface area (Å²) in [5.74, 6) is -0.660. The molecule has 2 aromatic carbocycles. The zero-order valence-electron chi connectivity index (χ0n) is 19.8. The van der Waals surface area contributed by atoms with Gasteiger partial charge >= 0.3 is 0 Å². The van der Waals surface area contributed by atoms with Crippen LogP contribution in [0.2, 0.25) is 0 Å². The maximum Gasteiger partial charge on any atom is 0.251 e. The smallest absolute Gasteiger partial charge is 0.251 e. The van der Waals surface area contributed by atoms with Crippen LogP contribution in [0.4, 0.5) is 17.1 Å². The van der Waals surface area contributed by atoms with Crippen molar-refractivity contribution in [1.29, 1.82) is 0 Å². The Morgan fingerprint density at radius 2 is 1.67 bits per heavy atom. The normalized spacial score (nSPS) is 18.5. The summed E-state index contributed by atoms with van der Waals surface area (Å²) < 4.78 is 0. The van der Waals surface area contributed by atoms with E-state index in [1.807, 2.05) is 41.8 Å². The fourth-order valence-corrected chi connectivity index (χ4v) is 5.45. The number of carbonyl (C=O) groups is 4. The fourth-order valence-electron chi connectivity index (χ4n) is 4.76. The van der Waals surface area contributed by atoms with Crippen LogP contribution in [0.5, 0.6) is 0 Å². The molecule has 2 fully saturated rings. The molecule has 3 aromatic rings. The van der Waals surface area contributed by atoms with Crippen LogP contribution in [-0.4, -0.2) is 60.6 Å². The third-order valence-corrected chi connectivity index (χ3v) is 7.41. The molecule has 9 heteroatoms. The second kappa shape index (κ2) is 10.0. The highest BCUT2D eigenvalue weighted by Gasteiger charge is 2.43. The number of ketones is 1. The van der Waals surface area contributed by atoms with Crippen LogP contribution in [0.3, 0.4) is 0 Å². The number of thiophene rings is 1. The Labute approximate surface area is 213 Å². The molecule has 5 rings (SSSR count). The molecular weight excluding hydrogens is 476 g/mol. The zero-order chi connectivity index (χ0) is 25.2. The highest BCUT2D eigenvalue weighted by molar-refractivity contribution is 7.12. The molecule has 0 spiro atoms. The first-order chi connectivity index (χ1) is 17.4. The van der Waals surface area contributed by atoms with Crippen LogP contribution in [0.25, 0.3) is 0 Å². The first-order valence-corrected chi connectivity index (χ1v) is 12.7. The van der Waals surface area contributed by atoms with Gasteiger partial charge in [-0.15, -0.1) is 11.3 Å². The highest BCUT2D eigenvalue weighted by atomic mass is 32.1. The molecule has 0 saturated carbocycles. The van der Waals surface area contributed by atoms with Crippen molar-refractivity contribution >= 4 is 51.9 Å². The van der Waals surface area contributed by atoms with Gasteiger partial charge in [-0.25, -0.2) is 4.90 Å². The standard InChI is InChI=1S/C27H26N4O4S/c1-18(32)28-20-4-2-5-22(16-20)31-25(33)17-23(27(31)35)30-13-11-29(12-14-30)21-9-7-19(8-10-21)26(34)24-6-3-15-36-24/h2-10,15-16,23H,11-14,17H2,1H3,(H,28,32). The van der Waals surface area contributed by atoms with Gasteiger partial charge < -0.3 is 10.2 Å². The van der Waals surface area contributed by atoms with Crippen molar-refractivity contribution in [3.05, 3.63) is 76.5 Å². The van der Waals surface area contributed by atoms with Crippen LogP contribution < -0.4 is 15.1 Å². The average Bonchev–Trinajstić information content (AvgIpc) is 3.52. The minimum Gasteiger partial charge on any atom is -0.369 e. The Hall–Kier alpha value is -3.82. The van der Waals surface area contributed by atoms with Gasteiger partial charge in [0.2, 0.25) is 17.6 Å². The molecule has 2 aliphatic rings. The predicted octanol–water partition coefficient (Wildman–Crippen LogP) is 3.39. The predicted molar refractivity (Wildman–Crippen MR) is 140 cm³/mol. The summed E-state index contributed by atoms with van der Waals surface area (Å²) in [6.45, 7) is 4.15. The number of hydrogen-bond acceptors (Lipinski definition) is 7. The molecule has 3 amide bonds. The number of piperazine rings is 1. The van der Waals surface area contributed by atoms with Gasteiger partial charge in [-0.2, -0.15) is 0 Å². The maximum absolute atomic E-state index is 13.2. The highest BCUT2D eigenvalue weighted by Crippen LogP contribution is 2.29. The quantitative estimate of drug-likeness (QED) is 0.411. The lowest BCUT2D eigenvalue weighted by atomic mass is 10.1. The summed E-state index contributed by atoms with van der Waals surface area (Å²) in [4.78, 5) is 56.2. The zero-order valence-corrected chi connectivity index (χ0v) is 20.7. The van der Waals surface area contributed by atoms with Gasteiger partial charge in [0, 0.05) is 50.0 Å². The van der Waals surface area contributed by atoms with E-state index in [4.69, 9.17) is 0 Å². The number of rotatable bonds is 6. The SMILES string of the molecule is CC(=O)Nc1cccc(N2C(=O)CC(N3CCN(c4ccc(C(=O)c5cccs5)cc4)CC3)C2=O)c1. The van der Waals surface area contributed by atoms with Crippen LogP contribution in [0.1, 0.15) is 28.6 Å². The van der Waals surface area contributed by atoms with Crippen molar-refractivity contribution in [2.24, 2.45) is 0 Å². The molecule has 2 saturated heterocycles. The Bertz CT molecular complexity index is 1300. The maximum atomic E-state index is 13.2. The largest absolute Gasteiger partial charge is 0.369 e. The number of amides is 3. The van der Waals surface area contributed by atoms with E-state index in [1.165, 1.54) is 23.2 Å². The molecule has 8 nitrogen and oxygen atoms in total. The Balaban J connectivity index is 1.21. The summed E-state index contributed by atoms with van der Waals surface area (Å²) in [6, 6.07) is 17.6. The van der Waals surface area contributed by atoms with Gasteiger partial charge in [-0.1, -0.05) is 12.1 Å². The van der Waals surface area contributed by atoms with Crippen LogP contribution >= 0.6 is 11.3 Å². The second-order valence-corrected chi connectivity index (χ2v) is 9.84. The summed E-state index contributed by atoms with van der Waals surface area (Å²) in [5, 5.41) is 4.58. The van der Waals surface area contributed by atoms with Crippen LogP contribution in [-0.2, 0) is 14.4 Å². The number of nitrogens with zero attached hydrogens (tertiary/aromatic N) is 3. The lowest BCUT2D eigenvalue weighted by Gasteiger charge is -2.38. The molecule has 0 aliphatic carbocycles. The van der Waals surface area contributed by atoms with Gasteiger partial charge in [0.15, 0.2) is 0 Å². The minimum atomic E-state index is -0.491. The van der Waals surface area contributed by atoms with Crippen molar-refractivity contribution in [2.45, 2.75) is 19.4 Å². The summed E-state index contributed by atoms with van der Waals surface area (Å²) in [6.07, 6.45) is 0.142. The number of anilines is 3. The Morgan fingerprint density at radius 1 is 0.917 bits per heavy atom. The van der Waals surface area contributed by atoms with Crippen molar-refractivity contribution in [3.8, 4) is 0 Å². The second-order valence-electron chi connectivity index (χ2n) is 8.90. The third kappa shape index (κ3) is 4.80. The van der Waals surface area contributed by atoms with E-state index in [-0.39, 0.29) is 29.9 Å². The van der Waals surface area contributed by atoms with Crippen molar-refractivity contribution in [1.82, 2.24) is 4.90 Å². The number of benzene rings is 2. The fraction of sp³-hybridized carbons (Fsp3) is 0.259. The van der Waals surface area contributed by atoms with E-state index >= 15 is 0 Å². The molecule has 0 bridgehead atoms. The van der Waals surface area contributed by atoms with Gasteiger partial charge in [-0.05, 0) is 53.9 Å². The first-order valence-electron chi connectivity index (χ1n) is 11.8. The first kappa shape index (κ1) is 23.9. The third-order valence-electron chi connectivity index (χ3n) is 6.54. The van der Waals surface area contributed by atoms with Gasteiger partial charge in [0.05, 0.1) is 23.0 Å². The number of hydrogen-bond donors (Lipinski definition) is 1. The number of carbonyl (C=O) groups excluding carboxylic acids is 4. The molecule has 36 heavy (non-hydrogen) atoms. The number of imide groups is 1. The van der Waals surface area contributed by atoms with E-state index in [1.54, 1.807) is 24.3 Å². The molecular formula is C27H26N4O4S. The molecule has 1 N–H and O–H groups in total. The van der Waals surface area contributed by atoms with Crippen molar-refractivity contribution in [3.63, 3.8) is 0 Å². The summed E-state index contributed by atoms with van der Waals surface area (Å²) in [5.41, 5.74) is 2.70. The average molecular weight is 503 g/mol. The minimum absolute atomic E-state index is 0.0259. The van der Waals surface area contributed by atoms with E-state index in [2.05, 4.69) is 15.1 Å². The topological polar surface area (TPSA) is 90.0 Å². The molecule has 1 unspecified atom stereocenters. The van der Waals surface area contributed by atoms with E-state index in [0.29, 0.717) is 43.1 Å². The van der Waals surface area contributed by atoms with E-state index < -0.39 is 6.04 Å². The van der Waals surface area contributed by atoms with Crippen LogP contribution in [0.15, 0.2) is 66.0 Å². The van der Waals surface area contributed by atoms with Crippen molar-refractivity contribution in [2.75, 3.05) is 41.3 Å². The van der Waals surface area contributed by atoms with E-state index in [9.17, 15) is 19.2 Å². The molecule has 1 atom stereocenters. The number of nitrogens with one attached hydrogen (secondary N) is 1. The Kier molecular flexibility index (Phi) is 6.67. The van der Waals surface area contributed by atoms with E-state index in [0.717, 1.165) is 10.6 Å². The molecule has 2 aliphatic heterocycles.